The van der Waals surface area contributed by atoms with Crippen molar-refractivity contribution in [2.24, 2.45) is 5.92 Å². The summed E-state index contributed by atoms with van der Waals surface area (Å²) in [6, 6.07) is 5.50. The van der Waals surface area contributed by atoms with Crippen LogP contribution in [0, 0.1) is 5.92 Å². The van der Waals surface area contributed by atoms with Gasteiger partial charge in [-0.3, -0.25) is 4.79 Å². The van der Waals surface area contributed by atoms with Crippen molar-refractivity contribution in [1.82, 2.24) is 4.90 Å². The van der Waals surface area contributed by atoms with Crippen molar-refractivity contribution in [3.8, 4) is 5.75 Å². The van der Waals surface area contributed by atoms with Gasteiger partial charge in [0, 0.05) is 19.0 Å². The predicted molar refractivity (Wildman–Crippen MR) is 69.4 cm³/mol. The smallest absolute Gasteiger partial charge is 0.308 e. The Hall–Kier alpha value is -1.26. The highest BCUT2D eigenvalue weighted by Crippen LogP contribution is 2.39. The van der Waals surface area contributed by atoms with Gasteiger partial charge in [-0.05, 0) is 18.7 Å². The Morgan fingerprint density at radius 2 is 2.22 bits per heavy atom. The number of rotatable bonds is 3. The molecular weight excluding hydrogens is 254 g/mol. The zero-order valence-electron chi connectivity index (χ0n) is 10.4. The molecule has 1 aliphatic heterocycles. The summed E-state index contributed by atoms with van der Waals surface area (Å²) in [5.41, 5.74) is 0.854. The maximum absolute atomic E-state index is 11.3. The molecule has 0 bridgehead atoms. The van der Waals surface area contributed by atoms with Crippen LogP contribution in [0.1, 0.15) is 11.5 Å². The molecule has 1 aromatic rings. The van der Waals surface area contributed by atoms with Gasteiger partial charge in [-0.15, -0.1) is 0 Å². The van der Waals surface area contributed by atoms with Crippen LogP contribution in [0.25, 0.3) is 0 Å². The maximum Gasteiger partial charge on any atom is 0.308 e. The Morgan fingerprint density at radius 3 is 2.83 bits per heavy atom. The van der Waals surface area contributed by atoms with E-state index in [2.05, 4.69) is 0 Å². The lowest BCUT2D eigenvalue weighted by molar-refractivity contribution is -0.141. The number of aliphatic carboxylic acids is 1. The van der Waals surface area contributed by atoms with Gasteiger partial charge in [0.05, 0.1) is 18.1 Å². The van der Waals surface area contributed by atoms with E-state index in [4.69, 9.17) is 16.3 Å². The second-order valence-corrected chi connectivity index (χ2v) is 5.01. The SMILES string of the molecule is COc1cccc(C2CN(C)CC2C(=O)O)c1Cl. The van der Waals surface area contributed by atoms with Gasteiger partial charge in [0.25, 0.3) is 0 Å². The van der Waals surface area contributed by atoms with Crippen molar-refractivity contribution in [3.63, 3.8) is 0 Å². The standard InChI is InChI=1S/C13H16ClNO3/c1-15-6-9(10(7-15)13(16)17)8-4-3-5-11(18-2)12(8)14/h3-5,9-10H,6-7H2,1-2H3,(H,16,17). The molecular formula is C13H16ClNO3. The van der Waals surface area contributed by atoms with E-state index in [0.717, 1.165) is 5.56 Å². The number of carbonyl (C=O) groups is 1. The molecule has 0 saturated carbocycles. The van der Waals surface area contributed by atoms with Gasteiger partial charge in [0.2, 0.25) is 0 Å². The predicted octanol–water partition coefficient (Wildman–Crippen LogP) is 2.08. The van der Waals surface area contributed by atoms with Crippen molar-refractivity contribution in [1.29, 1.82) is 0 Å². The normalized spacial score (nSPS) is 24.2. The lowest BCUT2D eigenvalue weighted by atomic mass is 9.89. The Kier molecular flexibility index (Phi) is 3.78. The molecule has 1 aromatic carbocycles. The Bertz CT molecular complexity index is 464. The van der Waals surface area contributed by atoms with Crippen LogP contribution < -0.4 is 4.74 Å². The molecule has 0 aliphatic carbocycles. The molecule has 0 aromatic heterocycles. The summed E-state index contributed by atoms with van der Waals surface area (Å²) in [6.45, 7) is 1.25. The number of hydrogen-bond donors (Lipinski definition) is 1. The number of nitrogens with zero attached hydrogens (tertiary/aromatic N) is 1. The van der Waals surface area contributed by atoms with Gasteiger partial charge in [-0.2, -0.15) is 0 Å². The molecule has 1 N–H and O–H groups in total. The summed E-state index contributed by atoms with van der Waals surface area (Å²) in [4.78, 5) is 13.3. The molecule has 0 radical (unpaired) electrons. The van der Waals surface area contributed by atoms with E-state index < -0.39 is 11.9 Å². The number of carboxylic acids is 1. The topological polar surface area (TPSA) is 49.8 Å². The number of benzene rings is 1. The van der Waals surface area contributed by atoms with E-state index in [1.807, 2.05) is 24.1 Å². The number of ether oxygens (including phenoxy) is 1. The van der Waals surface area contributed by atoms with Crippen LogP contribution in [0.3, 0.4) is 0 Å². The average molecular weight is 270 g/mol. The highest BCUT2D eigenvalue weighted by molar-refractivity contribution is 6.32. The molecule has 1 saturated heterocycles. The van der Waals surface area contributed by atoms with E-state index in [1.54, 1.807) is 13.2 Å². The summed E-state index contributed by atoms with van der Waals surface area (Å²) in [5.74, 6) is -0.689. The third-order valence-corrected chi connectivity index (χ3v) is 3.84. The molecule has 1 fully saturated rings. The molecule has 1 aliphatic rings. The molecule has 0 spiro atoms. The van der Waals surface area contributed by atoms with Crippen LogP contribution in [0.4, 0.5) is 0 Å². The first-order valence-electron chi connectivity index (χ1n) is 5.78. The van der Waals surface area contributed by atoms with Crippen LogP contribution in [0.2, 0.25) is 5.02 Å². The van der Waals surface area contributed by atoms with Crippen molar-refractivity contribution >= 4 is 17.6 Å². The van der Waals surface area contributed by atoms with Crippen molar-refractivity contribution < 1.29 is 14.6 Å². The molecule has 98 valence electrons. The van der Waals surface area contributed by atoms with Crippen LogP contribution in [-0.4, -0.2) is 43.2 Å². The van der Waals surface area contributed by atoms with E-state index >= 15 is 0 Å². The largest absolute Gasteiger partial charge is 0.495 e. The zero-order valence-corrected chi connectivity index (χ0v) is 11.1. The molecule has 5 heteroatoms. The van der Waals surface area contributed by atoms with Gasteiger partial charge >= 0.3 is 5.97 Å². The summed E-state index contributed by atoms with van der Waals surface area (Å²) < 4.78 is 5.17. The molecule has 0 amide bonds. The maximum atomic E-state index is 11.3. The molecule has 2 rings (SSSR count). The Morgan fingerprint density at radius 1 is 1.50 bits per heavy atom. The van der Waals surface area contributed by atoms with Crippen LogP contribution in [0.5, 0.6) is 5.75 Å². The van der Waals surface area contributed by atoms with Gasteiger partial charge in [0.1, 0.15) is 5.75 Å². The minimum atomic E-state index is -0.775. The van der Waals surface area contributed by atoms with Gasteiger partial charge in [-0.1, -0.05) is 23.7 Å². The quantitative estimate of drug-likeness (QED) is 0.913. The fraction of sp³-hybridized carbons (Fsp3) is 0.462. The van der Waals surface area contributed by atoms with Crippen LogP contribution in [-0.2, 0) is 4.79 Å². The molecule has 1 heterocycles. The monoisotopic (exact) mass is 269 g/mol. The van der Waals surface area contributed by atoms with Crippen LogP contribution >= 0.6 is 11.6 Å². The van der Waals surface area contributed by atoms with Crippen molar-refractivity contribution in [3.05, 3.63) is 28.8 Å². The van der Waals surface area contributed by atoms with E-state index in [0.29, 0.717) is 23.9 Å². The number of methoxy groups -OCH3 is 1. The lowest BCUT2D eigenvalue weighted by Gasteiger charge is -2.18. The number of likely N-dealkylation sites (N-methyl/N-ethyl adjacent to an activating group) is 1. The Labute approximate surface area is 111 Å². The third-order valence-electron chi connectivity index (χ3n) is 3.43. The summed E-state index contributed by atoms with van der Waals surface area (Å²) in [5, 5.41) is 9.80. The summed E-state index contributed by atoms with van der Waals surface area (Å²) in [7, 11) is 3.48. The average Bonchev–Trinajstić information content (AvgIpc) is 2.71. The fourth-order valence-electron chi connectivity index (χ4n) is 2.54. The first kappa shape index (κ1) is 13.2. The van der Waals surface area contributed by atoms with Crippen LogP contribution in [0.15, 0.2) is 18.2 Å². The lowest BCUT2D eigenvalue weighted by Crippen LogP contribution is -2.21. The number of hydrogen-bond acceptors (Lipinski definition) is 3. The summed E-state index contributed by atoms with van der Waals surface area (Å²) in [6.07, 6.45) is 0. The molecule has 2 unspecified atom stereocenters. The van der Waals surface area contributed by atoms with E-state index in [-0.39, 0.29) is 5.92 Å². The zero-order chi connectivity index (χ0) is 13.3. The fourth-order valence-corrected chi connectivity index (χ4v) is 2.88. The van der Waals surface area contributed by atoms with Gasteiger partial charge < -0.3 is 14.7 Å². The van der Waals surface area contributed by atoms with E-state index in [9.17, 15) is 9.90 Å². The van der Waals surface area contributed by atoms with Crippen molar-refractivity contribution in [2.45, 2.75) is 5.92 Å². The minimum Gasteiger partial charge on any atom is -0.495 e. The third kappa shape index (κ3) is 2.31. The molecule has 4 nitrogen and oxygen atoms in total. The number of carboxylic acid groups (broad SMARTS) is 1. The molecule has 18 heavy (non-hydrogen) atoms. The minimum absolute atomic E-state index is 0.0879. The second-order valence-electron chi connectivity index (χ2n) is 4.64. The highest BCUT2D eigenvalue weighted by atomic mass is 35.5. The van der Waals surface area contributed by atoms with E-state index in [1.165, 1.54) is 0 Å². The summed E-state index contributed by atoms with van der Waals surface area (Å²) >= 11 is 6.27. The van der Waals surface area contributed by atoms with Gasteiger partial charge in [0.15, 0.2) is 0 Å². The highest BCUT2D eigenvalue weighted by Gasteiger charge is 2.38. The number of halogens is 1. The van der Waals surface area contributed by atoms with Crippen molar-refractivity contribution in [2.75, 3.05) is 27.2 Å². The van der Waals surface area contributed by atoms with Gasteiger partial charge in [-0.25, -0.2) is 0 Å². The first-order valence-corrected chi connectivity index (χ1v) is 6.16. The number of likely N-dealkylation sites (tertiary alicyclic amines) is 1. The first-order chi connectivity index (χ1) is 8.54. The Balaban J connectivity index is 2.38. The second kappa shape index (κ2) is 5.16. The molecule has 2 atom stereocenters.